The molecule has 8 atom stereocenters. The number of allylic oxidation sites excluding steroid dienone is 1. The van der Waals surface area contributed by atoms with E-state index in [4.69, 9.17) is 4.74 Å². The van der Waals surface area contributed by atoms with Crippen LogP contribution in [0, 0.1) is 34.5 Å². The van der Waals surface area contributed by atoms with Gasteiger partial charge in [-0.2, -0.15) is 0 Å². The highest BCUT2D eigenvalue weighted by Gasteiger charge is 2.61. The van der Waals surface area contributed by atoms with Crippen molar-refractivity contribution in [2.45, 2.75) is 83.6 Å². The highest BCUT2D eigenvalue weighted by molar-refractivity contribution is 9.09. The van der Waals surface area contributed by atoms with E-state index < -0.39 is 0 Å². The molecule has 0 spiro atoms. The molecule has 0 aromatic carbocycles. The van der Waals surface area contributed by atoms with E-state index in [1.165, 1.54) is 31.8 Å². The normalized spacial score (nSPS) is 48.7. The van der Waals surface area contributed by atoms with Crippen LogP contribution in [0.15, 0.2) is 11.6 Å². The maximum absolute atomic E-state index is 12.3. The van der Waals surface area contributed by atoms with Crippen molar-refractivity contribution in [3.8, 4) is 0 Å². The number of carbonyl (C=O) groups is 2. The zero-order valence-corrected chi connectivity index (χ0v) is 18.7. The van der Waals surface area contributed by atoms with Crippen LogP contribution < -0.4 is 0 Å². The molecule has 0 aromatic rings. The van der Waals surface area contributed by atoms with Crippen LogP contribution in [-0.2, 0) is 14.3 Å². The van der Waals surface area contributed by atoms with Crippen LogP contribution in [0.25, 0.3) is 0 Å². The molecule has 150 valence electrons. The van der Waals surface area contributed by atoms with Crippen LogP contribution in [0.1, 0.15) is 72.6 Å². The highest BCUT2D eigenvalue weighted by atomic mass is 79.9. The molecule has 3 fully saturated rings. The second-order valence-corrected chi connectivity index (χ2v) is 11.2. The van der Waals surface area contributed by atoms with E-state index >= 15 is 0 Å². The largest absolute Gasteiger partial charge is 0.462 e. The van der Waals surface area contributed by atoms with Gasteiger partial charge in [-0.25, -0.2) is 0 Å². The van der Waals surface area contributed by atoms with Gasteiger partial charge in [0, 0.05) is 24.1 Å². The summed E-state index contributed by atoms with van der Waals surface area (Å²) in [5, 5.41) is 0. The first-order valence-electron chi connectivity index (χ1n) is 10.7. The molecule has 4 unspecified atom stereocenters. The SMILES string of the molecule is CC(=O)O[C@H]1CC[C@@]2(C)C(=C[C@@H](Br)C3C4CCC(C(C)=O)[C@@]4(C)CCC32)C1. The Bertz CT molecular complexity index is 685. The van der Waals surface area contributed by atoms with Crippen molar-refractivity contribution in [3.63, 3.8) is 0 Å². The first-order valence-corrected chi connectivity index (χ1v) is 11.6. The lowest BCUT2D eigenvalue weighted by Gasteiger charge is -2.59. The van der Waals surface area contributed by atoms with Gasteiger partial charge in [0.05, 0.1) is 0 Å². The fourth-order valence-electron chi connectivity index (χ4n) is 7.57. The first-order chi connectivity index (χ1) is 12.7. The van der Waals surface area contributed by atoms with E-state index in [-0.39, 0.29) is 28.8 Å². The van der Waals surface area contributed by atoms with Gasteiger partial charge in [0.2, 0.25) is 0 Å². The van der Waals surface area contributed by atoms with Crippen LogP contribution in [0.4, 0.5) is 0 Å². The second kappa shape index (κ2) is 6.71. The fourth-order valence-corrected chi connectivity index (χ4v) is 8.63. The Kier molecular flexibility index (Phi) is 4.89. The van der Waals surface area contributed by atoms with Crippen LogP contribution in [0.3, 0.4) is 0 Å². The molecule has 0 amide bonds. The minimum absolute atomic E-state index is 0.0421. The molecule has 0 aromatic heterocycles. The van der Waals surface area contributed by atoms with Gasteiger partial charge in [-0.05, 0) is 74.0 Å². The molecule has 0 radical (unpaired) electrons. The number of fused-ring (bicyclic) bond motifs is 5. The molecular formula is C23H33BrO3. The summed E-state index contributed by atoms with van der Waals surface area (Å²) in [7, 11) is 0. The number of hydrogen-bond donors (Lipinski definition) is 0. The van der Waals surface area contributed by atoms with Crippen LogP contribution >= 0.6 is 15.9 Å². The zero-order chi connectivity index (χ0) is 19.6. The van der Waals surface area contributed by atoms with Gasteiger partial charge in [-0.1, -0.05) is 41.4 Å². The number of alkyl halides is 1. The lowest BCUT2D eigenvalue weighted by atomic mass is 9.47. The monoisotopic (exact) mass is 436 g/mol. The molecule has 4 rings (SSSR count). The molecular weight excluding hydrogens is 404 g/mol. The van der Waals surface area contributed by atoms with Crippen LogP contribution in [0.2, 0.25) is 0 Å². The highest BCUT2D eigenvalue weighted by Crippen LogP contribution is 2.67. The van der Waals surface area contributed by atoms with Crippen molar-refractivity contribution < 1.29 is 14.3 Å². The number of esters is 1. The molecule has 27 heavy (non-hydrogen) atoms. The quantitative estimate of drug-likeness (QED) is 0.327. The van der Waals surface area contributed by atoms with Crippen molar-refractivity contribution in [1.82, 2.24) is 0 Å². The summed E-state index contributed by atoms with van der Waals surface area (Å²) in [5.74, 6) is 2.40. The predicted molar refractivity (Wildman–Crippen MR) is 110 cm³/mol. The van der Waals surface area contributed by atoms with Crippen molar-refractivity contribution in [3.05, 3.63) is 11.6 Å². The van der Waals surface area contributed by atoms with E-state index in [9.17, 15) is 9.59 Å². The van der Waals surface area contributed by atoms with E-state index in [0.717, 1.165) is 25.7 Å². The summed E-state index contributed by atoms with van der Waals surface area (Å²) in [5.41, 5.74) is 1.89. The second-order valence-electron chi connectivity index (χ2n) is 10.1. The van der Waals surface area contributed by atoms with Crippen molar-refractivity contribution in [2.24, 2.45) is 34.5 Å². The van der Waals surface area contributed by atoms with Gasteiger partial charge in [0.25, 0.3) is 0 Å². The fraction of sp³-hybridized carbons (Fsp3) is 0.826. The Morgan fingerprint density at radius 2 is 1.81 bits per heavy atom. The van der Waals surface area contributed by atoms with E-state index in [0.29, 0.717) is 28.4 Å². The Morgan fingerprint density at radius 3 is 2.48 bits per heavy atom. The van der Waals surface area contributed by atoms with Gasteiger partial charge < -0.3 is 4.74 Å². The minimum Gasteiger partial charge on any atom is -0.462 e. The number of halogens is 1. The number of Topliss-reactive ketones (excluding diaryl/α,β-unsaturated/α-hetero) is 1. The van der Waals surface area contributed by atoms with E-state index in [1.54, 1.807) is 6.92 Å². The van der Waals surface area contributed by atoms with Gasteiger partial charge in [0.15, 0.2) is 0 Å². The van der Waals surface area contributed by atoms with Gasteiger partial charge >= 0.3 is 5.97 Å². The average Bonchev–Trinajstić information content (AvgIpc) is 2.93. The molecule has 0 N–H and O–H groups in total. The van der Waals surface area contributed by atoms with Gasteiger partial charge in [0.1, 0.15) is 11.9 Å². The smallest absolute Gasteiger partial charge is 0.302 e. The molecule has 4 heteroatoms. The molecule has 0 heterocycles. The maximum atomic E-state index is 12.3. The molecule has 3 saturated carbocycles. The lowest BCUT2D eigenvalue weighted by Crippen LogP contribution is -2.54. The minimum atomic E-state index is -0.164. The number of carbonyl (C=O) groups excluding carboxylic acids is 2. The molecule has 0 saturated heterocycles. The molecule has 0 bridgehead atoms. The van der Waals surface area contributed by atoms with E-state index in [2.05, 4.69) is 35.9 Å². The Balaban J connectivity index is 1.64. The zero-order valence-electron chi connectivity index (χ0n) is 17.1. The summed E-state index contributed by atoms with van der Waals surface area (Å²) < 4.78 is 5.55. The van der Waals surface area contributed by atoms with Crippen molar-refractivity contribution in [1.29, 1.82) is 0 Å². The molecule has 3 nitrogen and oxygen atoms in total. The number of ketones is 1. The summed E-state index contributed by atoms with van der Waals surface area (Å²) >= 11 is 4.04. The number of hydrogen-bond acceptors (Lipinski definition) is 3. The Hall–Kier alpha value is -0.640. The number of rotatable bonds is 2. The van der Waals surface area contributed by atoms with Gasteiger partial charge in [-0.3, -0.25) is 9.59 Å². The summed E-state index contributed by atoms with van der Waals surface area (Å²) in [6.07, 6.45) is 10.1. The lowest BCUT2D eigenvalue weighted by molar-refractivity contribution is -0.149. The Morgan fingerprint density at radius 1 is 1.07 bits per heavy atom. The third-order valence-electron chi connectivity index (χ3n) is 8.87. The average molecular weight is 437 g/mol. The standard InChI is InChI=1S/C23H33BrO3/c1-13(25)17-5-6-18-21-19(8-10-23(17,18)4)22(3)9-7-16(27-14(2)26)11-15(22)12-20(21)24/h12,16-21H,5-11H2,1-4H3/t16-,17?,18?,19?,20+,21?,22-,23+/m0/s1. The first kappa shape index (κ1) is 19.7. The molecule has 4 aliphatic rings. The number of ether oxygens (including phenoxy) is 1. The summed E-state index contributed by atoms with van der Waals surface area (Å²) in [4.78, 5) is 24.1. The Labute approximate surface area is 171 Å². The summed E-state index contributed by atoms with van der Waals surface area (Å²) in [6, 6.07) is 0. The molecule has 4 aliphatic carbocycles. The van der Waals surface area contributed by atoms with Crippen molar-refractivity contribution >= 4 is 27.7 Å². The third kappa shape index (κ3) is 2.96. The summed E-state index contributed by atoms with van der Waals surface area (Å²) in [6.45, 7) is 8.16. The van der Waals surface area contributed by atoms with Crippen LogP contribution in [0.5, 0.6) is 0 Å². The van der Waals surface area contributed by atoms with Crippen LogP contribution in [-0.4, -0.2) is 22.7 Å². The topological polar surface area (TPSA) is 43.4 Å². The van der Waals surface area contributed by atoms with Gasteiger partial charge in [-0.15, -0.1) is 0 Å². The van der Waals surface area contributed by atoms with Crippen molar-refractivity contribution in [2.75, 3.05) is 0 Å². The maximum Gasteiger partial charge on any atom is 0.302 e. The molecule has 0 aliphatic heterocycles. The van der Waals surface area contributed by atoms with E-state index in [1.807, 2.05) is 0 Å². The third-order valence-corrected chi connectivity index (χ3v) is 9.74. The predicted octanol–water partition coefficient (Wildman–Crippen LogP) is 5.46.